The molecule has 2 aromatic rings. The summed E-state index contributed by atoms with van der Waals surface area (Å²) in [6, 6.07) is 4.45. The van der Waals surface area contributed by atoms with E-state index in [1.165, 1.54) is 30.1 Å². The second-order valence-corrected chi connectivity index (χ2v) is 4.42. The summed E-state index contributed by atoms with van der Waals surface area (Å²) >= 11 is 1.10. The Bertz CT molecular complexity index is 568. The lowest BCUT2D eigenvalue weighted by Crippen LogP contribution is -1.99. The zero-order valence-electron chi connectivity index (χ0n) is 9.35. The molecule has 0 spiro atoms. The Morgan fingerprint density at radius 1 is 1.47 bits per heavy atom. The molecule has 4 nitrogen and oxygen atoms in total. The second kappa shape index (κ2) is 4.67. The molecule has 1 heterocycles. The van der Waals surface area contributed by atoms with Crippen LogP contribution in [-0.2, 0) is 7.05 Å². The normalized spacial score (nSPS) is 10.5. The van der Waals surface area contributed by atoms with Crippen LogP contribution in [0, 0.1) is 5.82 Å². The highest BCUT2D eigenvalue weighted by atomic mass is 32.2. The molecule has 0 saturated heterocycles. The lowest BCUT2D eigenvalue weighted by molar-refractivity contribution is 0.101. The van der Waals surface area contributed by atoms with E-state index < -0.39 is 5.82 Å². The lowest BCUT2D eigenvalue weighted by Gasteiger charge is -2.06. The minimum Gasteiger partial charge on any atom is -0.294 e. The van der Waals surface area contributed by atoms with Gasteiger partial charge in [-0.25, -0.2) is 14.1 Å². The molecule has 0 aliphatic heterocycles. The predicted octanol–water partition coefficient (Wildman–Crippen LogP) is 2.31. The summed E-state index contributed by atoms with van der Waals surface area (Å²) in [5.74, 6) is -0.597. The molecule has 2 rings (SSSR count). The Balaban J connectivity index is 2.45. The maximum Gasteiger partial charge on any atom is 0.190 e. The molecule has 6 heteroatoms. The quantitative estimate of drug-likeness (QED) is 0.785. The van der Waals surface area contributed by atoms with Crippen molar-refractivity contribution >= 4 is 17.5 Å². The van der Waals surface area contributed by atoms with E-state index in [1.807, 2.05) is 0 Å². The van der Waals surface area contributed by atoms with Gasteiger partial charge in [0.2, 0.25) is 0 Å². The van der Waals surface area contributed by atoms with Crippen LogP contribution in [0.25, 0.3) is 0 Å². The van der Waals surface area contributed by atoms with Gasteiger partial charge in [0.25, 0.3) is 0 Å². The van der Waals surface area contributed by atoms with Crippen molar-refractivity contribution in [2.24, 2.45) is 7.05 Å². The van der Waals surface area contributed by atoms with Gasteiger partial charge in [-0.1, -0.05) is 12.1 Å². The van der Waals surface area contributed by atoms with Crippen molar-refractivity contribution in [1.82, 2.24) is 14.8 Å². The Labute approximate surface area is 102 Å². The van der Waals surface area contributed by atoms with Crippen LogP contribution in [0.2, 0.25) is 0 Å². The maximum atomic E-state index is 13.7. The number of carbonyl (C=O) groups is 1. The number of Topliss-reactive ketones (excluding diaryl/α,β-unsaturated/α-hetero) is 1. The molecule has 0 saturated carbocycles. The van der Waals surface area contributed by atoms with E-state index >= 15 is 0 Å². The number of hydrogen-bond donors (Lipinski definition) is 0. The third-order valence-corrected chi connectivity index (χ3v) is 3.38. The van der Waals surface area contributed by atoms with Crippen molar-refractivity contribution in [1.29, 1.82) is 0 Å². The summed E-state index contributed by atoms with van der Waals surface area (Å²) in [5, 5.41) is 4.43. The molecular weight excluding hydrogens is 241 g/mol. The molecule has 0 N–H and O–H groups in total. The van der Waals surface area contributed by atoms with Crippen molar-refractivity contribution in [2.75, 3.05) is 0 Å². The maximum absolute atomic E-state index is 13.7. The fourth-order valence-corrected chi connectivity index (χ4v) is 2.31. The van der Waals surface area contributed by atoms with Crippen LogP contribution < -0.4 is 0 Å². The fourth-order valence-electron chi connectivity index (χ4n) is 1.36. The Kier molecular flexibility index (Phi) is 3.23. The van der Waals surface area contributed by atoms with Gasteiger partial charge >= 0.3 is 0 Å². The summed E-state index contributed by atoms with van der Waals surface area (Å²) in [7, 11) is 1.71. The van der Waals surface area contributed by atoms with Crippen LogP contribution in [0.4, 0.5) is 4.39 Å². The van der Waals surface area contributed by atoms with Crippen molar-refractivity contribution in [3.05, 3.63) is 35.9 Å². The number of hydrogen-bond acceptors (Lipinski definition) is 4. The Morgan fingerprint density at radius 3 is 2.82 bits per heavy atom. The first-order chi connectivity index (χ1) is 8.09. The zero-order valence-corrected chi connectivity index (χ0v) is 10.2. The molecule has 0 fully saturated rings. The molecule has 88 valence electrons. The molecule has 17 heavy (non-hydrogen) atoms. The van der Waals surface area contributed by atoms with Crippen LogP contribution in [0.5, 0.6) is 0 Å². The molecule has 1 aromatic carbocycles. The Hall–Kier alpha value is -1.69. The molecule has 0 radical (unpaired) electrons. The number of benzene rings is 1. The number of aromatic nitrogens is 3. The van der Waals surface area contributed by atoms with Crippen LogP contribution in [0.1, 0.15) is 17.3 Å². The number of halogens is 1. The zero-order chi connectivity index (χ0) is 12.4. The van der Waals surface area contributed by atoms with Crippen molar-refractivity contribution < 1.29 is 9.18 Å². The summed E-state index contributed by atoms with van der Waals surface area (Å²) < 4.78 is 15.2. The molecule has 0 aliphatic carbocycles. The fraction of sp³-hybridized carbons (Fsp3) is 0.182. The van der Waals surface area contributed by atoms with Crippen LogP contribution in [0.3, 0.4) is 0 Å². The van der Waals surface area contributed by atoms with Crippen molar-refractivity contribution in [3.63, 3.8) is 0 Å². The van der Waals surface area contributed by atoms with E-state index in [0.29, 0.717) is 10.7 Å². The van der Waals surface area contributed by atoms with E-state index in [9.17, 15) is 9.18 Å². The van der Waals surface area contributed by atoms with Gasteiger partial charge in [0.15, 0.2) is 10.9 Å². The summed E-state index contributed by atoms with van der Waals surface area (Å²) in [5.41, 5.74) is 0.359. The van der Waals surface area contributed by atoms with Gasteiger partial charge < -0.3 is 0 Å². The average Bonchev–Trinajstić information content (AvgIpc) is 2.67. The third-order valence-electron chi connectivity index (χ3n) is 2.21. The van der Waals surface area contributed by atoms with Gasteiger partial charge in [0.1, 0.15) is 12.1 Å². The van der Waals surface area contributed by atoms with Crippen LogP contribution >= 0.6 is 11.8 Å². The van der Waals surface area contributed by atoms with Gasteiger partial charge in [0, 0.05) is 12.6 Å². The van der Waals surface area contributed by atoms with Gasteiger partial charge in [-0.15, -0.1) is 0 Å². The number of carbonyl (C=O) groups excluding carboxylic acids is 1. The Morgan fingerprint density at radius 2 is 2.24 bits per heavy atom. The first-order valence-corrected chi connectivity index (χ1v) is 5.72. The SMILES string of the molecule is CC(=O)c1cccc(F)c1Sc1ncnn1C. The standard InChI is InChI=1S/C11H10FN3OS/c1-7(16)8-4-3-5-9(12)10(8)17-11-13-6-14-15(11)2/h3-6H,1-2H3. The smallest absolute Gasteiger partial charge is 0.190 e. The summed E-state index contributed by atoms with van der Waals surface area (Å²) in [4.78, 5) is 15.7. The van der Waals surface area contributed by atoms with E-state index in [-0.39, 0.29) is 10.7 Å². The van der Waals surface area contributed by atoms with Gasteiger partial charge in [0.05, 0.1) is 4.90 Å². The van der Waals surface area contributed by atoms with Gasteiger partial charge in [-0.2, -0.15) is 5.10 Å². The highest BCUT2D eigenvalue weighted by molar-refractivity contribution is 7.99. The number of rotatable bonds is 3. The van der Waals surface area contributed by atoms with Crippen LogP contribution in [0.15, 0.2) is 34.6 Å². The van der Waals surface area contributed by atoms with E-state index in [2.05, 4.69) is 10.1 Å². The molecule has 0 bridgehead atoms. The third kappa shape index (κ3) is 2.36. The molecule has 0 amide bonds. The molecule has 0 aliphatic rings. The summed E-state index contributed by atoms with van der Waals surface area (Å²) in [6.07, 6.45) is 1.39. The largest absolute Gasteiger partial charge is 0.294 e. The first kappa shape index (κ1) is 11.8. The molecule has 1 aromatic heterocycles. The molecule has 0 unspecified atom stereocenters. The second-order valence-electron chi connectivity index (χ2n) is 3.44. The number of aryl methyl sites for hydroxylation is 1. The van der Waals surface area contributed by atoms with Gasteiger partial charge in [-0.3, -0.25) is 4.79 Å². The van der Waals surface area contributed by atoms with Gasteiger partial charge in [-0.05, 0) is 24.8 Å². The average molecular weight is 251 g/mol. The number of nitrogens with zero attached hydrogens (tertiary/aromatic N) is 3. The van der Waals surface area contributed by atoms with E-state index in [1.54, 1.807) is 13.1 Å². The van der Waals surface area contributed by atoms with E-state index in [0.717, 1.165) is 11.8 Å². The van der Waals surface area contributed by atoms with Crippen LogP contribution in [-0.4, -0.2) is 20.5 Å². The van der Waals surface area contributed by atoms with Crippen molar-refractivity contribution in [3.8, 4) is 0 Å². The number of ketones is 1. The summed E-state index contributed by atoms with van der Waals surface area (Å²) in [6.45, 7) is 1.41. The highest BCUT2D eigenvalue weighted by Gasteiger charge is 2.15. The molecule has 0 atom stereocenters. The minimum atomic E-state index is -0.425. The highest BCUT2D eigenvalue weighted by Crippen LogP contribution is 2.31. The monoisotopic (exact) mass is 251 g/mol. The predicted molar refractivity (Wildman–Crippen MR) is 61.5 cm³/mol. The van der Waals surface area contributed by atoms with Crippen molar-refractivity contribution in [2.45, 2.75) is 17.0 Å². The molecular formula is C11H10FN3OS. The topological polar surface area (TPSA) is 47.8 Å². The lowest BCUT2D eigenvalue weighted by atomic mass is 10.1. The first-order valence-electron chi connectivity index (χ1n) is 4.91. The minimum absolute atomic E-state index is 0.172. The van der Waals surface area contributed by atoms with E-state index in [4.69, 9.17) is 0 Å².